The van der Waals surface area contributed by atoms with Crippen molar-refractivity contribution in [3.8, 4) is 0 Å². The van der Waals surface area contributed by atoms with Gasteiger partial charge in [-0.25, -0.2) is 0 Å². The van der Waals surface area contributed by atoms with Gasteiger partial charge in [-0.3, -0.25) is 9.59 Å². The highest BCUT2D eigenvalue weighted by atomic mass is 16.5. The first-order valence-electron chi connectivity index (χ1n) is 12.7. The van der Waals surface area contributed by atoms with Gasteiger partial charge in [0.15, 0.2) is 0 Å². The largest absolute Gasteiger partial charge is 0.461 e. The highest BCUT2D eigenvalue weighted by molar-refractivity contribution is 5.69. The van der Waals surface area contributed by atoms with E-state index in [-0.39, 0.29) is 30.6 Å². The molecule has 0 aromatic heterocycles. The highest BCUT2D eigenvalue weighted by Gasteiger charge is 2.17. The summed E-state index contributed by atoms with van der Waals surface area (Å²) in [7, 11) is 0. The van der Waals surface area contributed by atoms with Crippen molar-refractivity contribution in [3.05, 3.63) is 34.9 Å². The fourth-order valence-corrected chi connectivity index (χ4v) is 3.57. The zero-order valence-electron chi connectivity index (χ0n) is 21.3. The molecule has 0 spiro atoms. The number of benzene rings is 1. The van der Waals surface area contributed by atoms with Gasteiger partial charge in [0, 0.05) is 12.8 Å². The normalized spacial score (nSPS) is 11.4. The smallest absolute Gasteiger partial charge is 0.306 e. The van der Waals surface area contributed by atoms with E-state index < -0.39 is 0 Å². The Morgan fingerprint density at radius 1 is 0.688 bits per heavy atom. The van der Waals surface area contributed by atoms with E-state index in [1.165, 1.54) is 44.1 Å². The van der Waals surface area contributed by atoms with Gasteiger partial charge in [-0.15, -0.1) is 0 Å². The lowest BCUT2D eigenvalue weighted by Crippen LogP contribution is -2.14. The average Bonchev–Trinajstić information content (AvgIpc) is 2.75. The minimum absolute atomic E-state index is 0.00820. The summed E-state index contributed by atoms with van der Waals surface area (Å²) in [5, 5.41) is 0. The molecule has 32 heavy (non-hydrogen) atoms. The Balaban J connectivity index is 2.62. The van der Waals surface area contributed by atoms with E-state index in [2.05, 4.69) is 46.8 Å². The molecule has 0 fully saturated rings. The lowest BCUT2D eigenvalue weighted by Gasteiger charge is -2.21. The number of carbonyl (C=O) groups is 2. The van der Waals surface area contributed by atoms with Crippen LogP contribution in [-0.4, -0.2) is 11.9 Å². The van der Waals surface area contributed by atoms with Gasteiger partial charge in [0.05, 0.1) is 0 Å². The molecule has 0 aliphatic heterocycles. The SMILES string of the molecule is CCCCCCCC(=O)OCc1ccc(C(C)(C)C)cc1COC(=O)CCCCCCC. The molecule has 0 saturated heterocycles. The minimum Gasteiger partial charge on any atom is -0.461 e. The van der Waals surface area contributed by atoms with Gasteiger partial charge in [0.2, 0.25) is 0 Å². The number of carbonyl (C=O) groups excluding carboxylic acids is 2. The summed E-state index contributed by atoms with van der Waals surface area (Å²) >= 11 is 0. The molecule has 1 aromatic carbocycles. The van der Waals surface area contributed by atoms with E-state index >= 15 is 0 Å². The maximum Gasteiger partial charge on any atom is 0.306 e. The Morgan fingerprint density at radius 2 is 1.16 bits per heavy atom. The molecule has 1 aromatic rings. The van der Waals surface area contributed by atoms with Gasteiger partial charge in [0.1, 0.15) is 13.2 Å². The van der Waals surface area contributed by atoms with Crippen LogP contribution in [0.25, 0.3) is 0 Å². The topological polar surface area (TPSA) is 52.6 Å². The van der Waals surface area contributed by atoms with Gasteiger partial charge in [0.25, 0.3) is 0 Å². The van der Waals surface area contributed by atoms with E-state index in [1.54, 1.807) is 0 Å². The number of unbranched alkanes of at least 4 members (excludes halogenated alkanes) is 8. The number of hydrogen-bond donors (Lipinski definition) is 0. The third-order valence-corrected chi connectivity index (χ3v) is 5.82. The van der Waals surface area contributed by atoms with Crippen molar-refractivity contribution in [3.63, 3.8) is 0 Å². The molecule has 0 radical (unpaired) electrons. The standard InChI is InChI=1S/C28H46O4/c1-6-8-10-12-14-16-26(29)31-21-23-18-19-25(28(3,4)5)20-24(23)22-32-27(30)17-15-13-11-9-7-2/h18-20H,6-17,21-22H2,1-5H3. The second-order valence-corrected chi connectivity index (χ2v) is 9.88. The second-order valence-electron chi connectivity index (χ2n) is 9.88. The number of ether oxygens (including phenoxy) is 2. The van der Waals surface area contributed by atoms with Crippen molar-refractivity contribution in [2.75, 3.05) is 0 Å². The zero-order valence-corrected chi connectivity index (χ0v) is 21.3. The quantitative estimate of drug-likeness (QED) is 0.192. The molecular formula is C28H46O4. The first-order valence-corrected chi connectivity index (χ1v) is 12.7. The molecular weight excluding hydrogens is 400 g/mol. The fraction of sp³-hybridized carbons (Fsp3) is 0.714. The van der Waals surface area contributed by atoms with E-state index in [9.17, 15) is 9.59 Å². The molecule has 0 atom stereocenters. The number of rotatable bonds is 16. The van der Waals surface area contributed by atoms with Crippen LogP contribution >= 0.6 is 0 Å². The van der Waals surface area contributed by atoms with Crippen molar-refractivity contribution in [2.45, 2.75) is 130 Å². The molecule has 0 heterocycles. The van der Waals surface area contributed by atoms with Crippen LogP contribution in [0.3, 0.4) is 0 Å². The first-order chi connectivity index (χ1) is 15.3. The summed E-state index contributed by atoms with van der Waals surface area (Å²) in [6.07, 6.45) is 12.0. The Bertz CT molecular complexity index is 673. The molecule has 182 valence electrons. The molecule has 1 rings (SSSR count). The third kappa shape index (κ3) is 12.3. The Kier molecular flexibility index (Phi) is 14.0. The molecule has 0 N–H and O–H groups in total. The maximum absolute atomic E-state index is 12.2. The lowest BCUT2D eigenvalue weighted by atomic mass is 9.85. The highest BCUT2D eigenvalue weighted by Crippen LogP contribution is 2.26. The van der Waals surface area contributed by atoms with Crippen LogP contribution in [0.1, 0.15) is 128 Å². The predicted octanol–water partition coefficient (Wildman–Crippen LogP) is 7.79. The molecule has 0 bridgehead atoms. The van der Waals surface area contributed by atoms with Crippen molar-refractivity contribution >= 4 is 11.9 Å². The van der Waals surface area contributed by atoms with Crippen molar-refractivity contribution in [1.29, 1.82) is 0 Å². The Hall–Kier alpha value is -1.84. The summed E-state index contributed by atoms with van der Waals surface area (Å²) in [5.41, 5.74) is 3.00. The lowest BCUT2D eigenvalue weighted by molar-refractivity contribution is -0.146. The van der Waals surface area contributed by atoms with Gasteiger partial charge in [-0.05, 0) is 34.9 Å². The third-order valence-electron chi connectivity index (χ3n) is 5.82. The van der Waals surface area contributed by atoms with Crippen LogP contribution in [0.5, 0.6) is 0 Å². The number of hydrogen-bond acceptors (Lipinski definition) is 4. The van der Waals surface area contributed by atoms with E-state index in [4.69, 9.17) is 9.47 Å². The average molecular weight is 447 g/mol. The van der Waals surface area contributed by atoms with Crippen LogP contribution < -0.4 is 0 Å². The van der Waals surface area contributed by atoms with Crippen LogP contribution in [0, 0.1) is 0 Å². The summed E-state index contributed by atoms with van der Waals surface area (Å²) in [4.78, 5) is 24.3. The van der Waals surface area contributed by atoms with Gasteiger partial charge < -0.3 is 9.47 Å². The first kappa shape index (κ1) is 28.2. The van der Waals surface area contributed by atoms with E-state index in [0.717, 1.165) is 36.8 Å². The Labute approximate surface area is 196 Å². The molecule has 0 unspecified atom stereocenters. The van der Waals surface area contributed by atoms with Crippen LogP contribution in [0.2, 0.25) is 0 Å². The predicted molar refractivity (Wildman–Crippen MR) is 131 cm³/mol. The van der Waals surface area contributed by atoms with Gasteiger partial charge >= 0.3 is 11.9 Å². The summed E-state index contributed by atoms with van der Waals surface area (Å²) in [6.45, 7) is 11.3. The summed E-state index contributed by atoms with van der Waals surface area (Å²) < 4.78 is 11.1. The van der Waals surface area contributed by atoms with Crippen LogP contribution in [0.4, 0.5) is 0 Å². The van der Waals surface area contributed by atoms with Crippen molar-refractivity contribution in [2.24, 2.45) is 0 Å². The van der Waals surface area contributed by atoms with Gasteiger partial charge in [-0.1, -0.05) is 104 Å². The Morgan fingerprint density at radius 3 is 1.62 bits per heavy atom. The summed E-state index contributed by atoms with van der Waals surface area (Å²) in [5.74, 6) is -0.311. The van der Waals surface area contributed by atoms with E-state index in [0.29, 0.717) is 12.8 Å². The maximum atomic E-state index is 12.2. The molecule has 0 aliphatic rings. The molecule has 4 nitrogen and oxygen atoms in total. The molecule has 0 saturated carbocycles. The minimum atomic E-state index is -0.156. The zero-order chi connectivity index (χ0) is 23.8. The van der Waals surface area contributed by atoms with Crippen molar-refractivity contribution in [1.82, 2.24) is 0 Å². The van der Waals surface area contributed by atoms with Gasteiger partial charge in [-0.2, -0.15) is 0 Å². The van der Waals surface area contributed by atoms with Crippen molar-refractivity contribution < 1.29 is 19.1 Å². The number of esters is 2. The van der Waals surface area contributed by atoms with Crippen LogP contribution in [-0.2, 0) is 37.7 Å². The van der Waals surface area contributed by atoms with Crippen LogP contribution in [0.15, 0.2) is 18.2 Å². The fourth-order valence-electron chi connectivity index (χ4n) is 3.57. The monoisotopic (exact) mass is 446 g/mol. The molecule has 0 amide bonds. The molecule has 4 heteroatoms. The second kappa shape index (κ2) is 15.9. The molecule has 0 aliphatic carbocycles. The summed E-state index contributed by atoms with van der Waals surface area (Å²) in [6, 6.07) is 6.17. The van der Waals surface area contributed by atoms with E-state index in [1.807, 2.05) is 6.07 Å².